The van der Waals surface area contributed by atoms with Crippen molar-refractivity contribution in [3.8, 4) is 0 Å². The number of rotatable bonds is 4. The molecule has 0 saturated carbocycles. The molecule has 0 unspecified atom stereocenters. The maximum atomic E-state index is 12.3. The number of carbonyl (C=O) groups excluding carboxylic acids is 1. The van der Waals surface area contributed by atoms with Gasteiger partial charge in [0.15, 0.2) is 0 Å². The lowest BCUT2D eigenvalue weighted by Gasteiger charge is -2.08. The van der Waals surface area contributed by atoms with Crippen molar-refractivity contribution in [3.05, 3.63) is 56.1 Å². The maximum absolute atomic E-state index is 12.3. The van der Waals surface area contributed by atoms with Gasteiger partial charge in [-0.1, -0.05) is 0 Å². The molecule has 0 fully saturated rings. The molecule has 0 aromatic carbocycles. The van der Waals surface area contributed by atoms with Gasteiger partial charge in [0.1, 0.15) is 5.65 Å². The summed E-state index contributed by atoms with van der Waals surface area (Å²) in [4.78, 5) is 43.0. The second-order valence-corrected chi connectivity index (χ2v) is 5.35. The van der Waals surface area contributed by atoms with E-state index in [0.29, 0.717) is 22.3 Å². The monoisotopic (exact) mass is 328 g/mol. The van der Waals surface area contributed by atoms with Gasteiger partial charge in [-0.3, -0.25) is 24.2 Å². The number of hydrogen-bond acceptors (Lipinski definition) is 5. The zero-order valence-corrected chi connectivity index (χ0v) is 13.2. The van der Waals surface area contributed by atoms with Gasteiger partial charge in [0.05, 0.1) is 16.6 Å². The number of fused-ring (bicyclic) bond motifs is 1. The molecule has 0 aliphatic rings. The summed E-state index contributed by atoms with van der Waals surface area (Å²) in [6.07, 6.45) is 1.50. The zero-order chi connectivity index (χ0) is 17.3. The molecule has 124 valence electrons. The van der Waals surface area contributed by atoms with Crippen LogP contribution < -0.4 is 16.6 Å². The Morgan fingerprint density at radius 2 is 2.12 bits per heavy atom. The molecule has 3 rings (SSSR count). The number of H-pyrrole nitrogens is 2. The second-order valence-electron chi connectivity index (χ2n) is 5.35. The van der Waals surface area contributed by atoms with Gasteiger partial charge in [0.25, 0.3) is 11.5 Å². The molecule has 3 N–H and O–H groups in total. The number of hydrogen-bond donors (Lipinski definition) is 3. The van der Waals surface area contributed by atoms with Crippen LogP contribution in [0.3, 0.4) is 0 Å². The number of amides is 1. The number of aryl methyl sites for hydroxylation is 2. The first-order valence-corrected chi connectivity index (χ1v) is 7.36. The average molecular weight is 328 g/mol. The van der Waals surface area contributed by atoms with Crippen molar-refractivity contribution >= 4 is 16.9 Å². The van der Waals surface area contributed by atoms with Crippen LogP contribution in [0.5, 0.6) is 0 Å². The largest absolute Gasteiger partial charge is 0.350 e. The van der Waals surface area contributed by atoms with Crippen LogP contribution >= 0.6 is 0 Å². The molecule has 0 radical (unpaired) electrons. The molecule has 0 bridgehead atoms. The lowest BCUT2D eigenvalue weighted by Crippen LogP contribution is -2.39. The van der Waals surface area contributed by atoms with Crippen LogP contribution in [-0.4, -0.2) is 37.2 Å². The first kappa shape index (κ1) is 15.7. The van der Waals surface area contributed by atoms with Gasteiger partial charge in [0.2, 0.25) is 0 Å². The van der Waals surface area contributed by atoms with E-state index < -0.39 is 11.2 Å². The molecule has 1 amide bonds. The number of nitrogens with one attached hydrogen (secondary N) is 3. The van der Waals surface area contributed by atoms with E-state index in [-0.39, 0.29) is 24.6 Å². The molecule has 3 heterocycles. The number of carbonyl (C=O) groups is 1. The third-order valence-corrected chi connectivity index (χ3v) is 3.73. The van der Waals surface area contributed by atoms with E-state index in [2.05, 4.69) is 25.5 Å². The Morgan fingerprint density at radius 3 is 2.83 bits per heavy atom. The standard InChI is InChI=1S/C15H16N6O3/c1-8-11(9(2)20-19-8)13(22)17-6-7-21-14(23)10-4-3-5-16-12(10)18-15(21)24/h3-5H,6-7H2,1-2H3,(H,17,22)(H,19,20)(H,16,18,24). The molecular formula is C15H16N6O3. The second kappa shape index (κ2) is 6.11. The first-order valence-electron chi connectivity index (χ1n) is 7.36. The van der Waals surface area contributed by atoms with E-state index in [9.17, 15) is 14.4 Å². The minimum absolute atomic E-state index is 0.0562. The van der Waals surface area contributed by atoms with Crippen molar-refractivity contribution in [1.82, 2.24) is 30.0 Å². The van der Waals surface area contributed by atoms with E-state index >= 15 is 0 Å². The Labute approximate surface area is 135 Å². The highest BCUT2D eigenvalue weighted by Gasteiger charge is 2.15. The number of aromatic amines is 2. The van der Waals surface area contributed by atoms with Gasteiger partial charge in [0, 0.05) is 25.0 Å². The molecular weight excluding hydrogens is 312 g/mol. The third-order valence-electron chi connectivity index (χ3n) is 3.73. The van der Waals surface area contributed by atoms with Crippen molar-refractivity contribution in [1.29, 1.82) is 0 Å². The van der Waals surface area contributed by atoms with Crippen LogP contribution in [0.25, 0.3) is 11.0 Å². The molecule has 0 spiro atoms. The van der Waals surface area contributed by atoms with Crippen LogP contribution in [0.15, 0.2) is 27.9 Å². The fourth-order valence-corrected chi connectivity index (χ4v) is 2.54. The molecule has 0 atom stereocenters. The zero-order valence-electron chi connectivity index (χ0n) is 13.2. The summed E-state index contributed by atoms with van der Waals surface area (Å²) in [7, 11) is 0. The van der Waals surface area contributed by atoms with Crippen molar-refractivity contribution in [2.45, 2.75) is 20.4 Å². The highest BCUT2D eigenvalue weighted by molar-refractivity contribution is 5.96. The Balaban J connectivity index is 1.78. The smallest absolute Gasteiger partial charge is 0.330 e. The Kier molecular flexibility index (Phi) is 3.98. The first-order chi connectivity index (χ1) is 11.5. The Bertz CT molecular complexity index is 1010. The van der Waals surface area contributed by atoms with Gasteiger partial charge < -0.3 is 5.32 Å². The lowest BCUT2D eigenvalue weighted by molar-refractivity contribution is 0.0951. The summed E-state index contributed by atoms with van der Waals surface area (Å²) >= 11 is 0. The van der Waals surface area contributed by atoms with Crippen molar-refractivity contribution in [2.24, 2.45) is 0 Å². The fourth-order valence-electron chi connectivity index (χ4n) is 2.54. The minimum Gasteiger partial charge on any atom is -0.350 e. The van der Waals surface area contributed by atoms with Crippen molar-refractivity contribution in [3.63, 3.8) is 0 Å². The van der Waals surface area contributed by atoms with Gasteiger partial charge in [-0.05, 0) is 26.0 Å². The summed E-state index contributed by atoms with van der Waals surface area (Å²) in [5.41, 5.74) is 0.980. The molecule has 0 saturated heterocycles. The summed E-state index contributed by atoms with van der Waals surface area (Å²) in [5.74, 6) is -0.300. The lowest BCUT2D eigenvalue weighted by atomic mass is 10.2. The Hall–Kier alpha value is -3.23. The number of nitrogens with zero attached hydrogens (tertiary/aromatic N) is 3. The van der Waals surface area contributed by atoms with Crippen LogP contribution in [0.2, 0.25) is 0 Å². The van der Waals surface area contributed by atoms with Gasteiger partial charge in [-0.25, -0.2) is 9.78 Å². The maximum Gasteiger partial charge on any atom is 0.330 e. The minimum atomic E-state index is -0.559. The predicted molar refractivity (Wildman–Crippen MR) is 87.0 cm³/mol. The van der Waals surface area contributed by atoms with Crippen LogP contribution in [0.1, 0.15) is 21.7 Å². The SMILES string of the molecule is Cc1n[nH]c(C)c1C(=O)NCCn1c(=O)[nH]c2ncccc2c1=O. The number of aromatic nitrogens is 5. The van der Waals surface area contributed by atoms with E-state index in [4.69, 9.17) is 0 Å². The van der Waals surface area contributed by atoms with E-state index in [0.717, 1.165) is 4.57 Å². The van der Waals surface area contributed by atoms with Gasteiger partial charge >= 0.3 is 5.69 Å². The molecule has 9 nitrogen and oxygen atoms in total. The van der Waals surface area contributed by atoms with Crippen molar-refractivity contribution < 1.29 is 4.79 Å². The van der Waals surface area contributed by atoms with Crippen molar-refractivity contribution in [2.75, 3.05) is 6.54 Å². The molecule has 3 aromatic rings. The topological polar surface area (TPSA) is 126 Å². The van der Waals surface area contributed by atoms with Gasteiger partial charge in [-0.2, -0.15) is 5.10 Å². The summed E-state index contributed by atoms with van der Waals surface area (Å²) in [6, 6.07) is 3.21. The van der Waals surface area contributed by atoms with Crippen LogP contribution in [-0.2, 0) is 6.54 Å². The summed E-state index contributed by atoms with van der Waals surface area (Å²) in [6.45, 7) is 3.67. The average Bonchev–Trinajstić information content (AvgIpc) is 2.89. The van der Waals surface area contributed by atoms with Crippen LogP contribution in [0, 0.1) is 13.8 Å². The highest BCUT2D eigenvalue weighted by Crippen LogP contribution is 2.08. The van der Waals surface area contributed by atoms with Gasteiger partial charge in [-0.15, -0.1) is 0 Å². The summed E-state index contributed by atoms with van der Waals surface area (Å²) < 4.78 is 1.04. The molecule has 0 aliphatic carbocycles. The molecule has 3 aromatic heterocycles. The van der Waals surface area contributed by atoms with Crippen LogP contribution in [0.4, 0.5) is 0 Å². The quantitative estimate of drug-likeness (QED) is 0.614. The third kappa shape index (κ3) is 2.71. The number of pyridine rings is 1. The Morgan fingerprint density at radius 1 is 1.33 bits per heavy atom. The normalized spacial score (nSPS) is 10.9. The molecule has 0 aliphatic heterocycles. The van der Waals surface area contributed by atoms with E-state index in [1.54, 1.807) is 26.0 Å². The van der Waals surface area contributed by atoms with E-state index in [1.807, 2.05) is 0 Å². The molecule has 24 heavy (non-hydrogen) atoms. The molecule has 9 heteroatoms. The van der Waals surface area contributed by atoms with E-state index in [1.165, 1.54) is 6.20 Å². The summed E-state index contributed by atoms with van der Waals surface area (Å²) in [5, 5.41) is 9.71. The highest BCUT2D eigenvalue weighted by atomic mass is 16.2. The predicted octanol–water partition coefficient (Wildman–Crippen LogP) is -0.145. The fraction of sp³-hybridized carbons (Fsp3) is 0.267.